The van der Waals surface area contributed by atoms with Crippen molar-refractivity contribution in [2.24, 2.45) is 0 Å². The van der Waals surface area contributed by atoms with E-state index in [-0.39, 0.29) is 26.7 Å². The lowest BCUT2D eigenvalue weighted by Crippen LogP contribution is -3.00. The molecule has 0 radical (unpaired) electrons. The summed E-state index contributed by atoms with van der Waals surface area (Å²) in [5, 5.41) is 0. The molecule has 0 aliphatic rings. The van der Waals surface area contributed by atoms with Crippen LogP contribution in [0.15, 0.2) is 0 Å². The Morgan fingerprint density at radius 2 is 0.900 bits per heavy atom. The molecule has 0 N–H and O–H groups in total. The van der Waals surface area contributed by atoms with Gasteiger partial charge in [-0.3, -0.25) is 0 Å². The van der Waals surface area contributed by atoms with Crippen LogP contribution in [0.5, 0.6) is 0 Å². The quantitative estimate of drug-likeness (QED) is 0.105. The van der Waals surface area contributed by atoms with Crippen molar-refractivity contribution in [2.45, 2.75) is 136 Å². The van der Waals surface area contributed by atoms with Crippen LogP contribution in [0.3, 0.4) is 0 Å². The van der Waals surface area contributed by atoms with Crippen LogP contribution in [-0.4, -0.2) is 47.5 Å². The van der Waals surface area contributed by atoms with Gasteiger partial charge in [0, 0.05) is 7.11 Å². The van der Waals surface area contributed by atoms with E-state index in [1.807, 2.05) is 7.11 Å². The fraction of sp³-hybridized carbons (Fsp3) is 1.00. The van der Waals surface area contributed by atoms with Gasteiger partial charge >= 0.3 is 0 Å². The van der Waals surface area contributed by atoms with Crippen molar-refractivity contribution in [3.8, 4) is 0 Å². The number of unbranched alkanes of at least 4 members (excludes halogenated alkanes) is 15. The van der Waals surface area contributed by atoms with Gasteiger partial charge in [-0.1, -0.05) is 96.8 Å². The van der Waals surface area contributed by atoms with Crippen LogP contribution in [0.1, 0.15) is 130 Å². The van der Waals surface area contributed by atoms with Crippen molar-refractivity contribution in [3.63, 3.8) is 0 Å². The number of halogens is 1. The summed E-state index contributed by atoms with van der Waals surface area (Å²) >= 11 is 0. The molecule has 0 bridgehead atoms. The minimum atomic E-state index is -0.221. The molecule has 184 valence electrons. The average molecular weight is 509 g/mol. The Labute approximate surface area is 204 Å². The normalized spacial score (nSPS) is 12.0. The summed E-state index contributed by atoms with van der Waals surface area (Å²) in [4.78, 5) is 0. The van der Waals surface area contributed by atoms with Crippen LogP contribution in [-0.2, 0) is 4.43 Å². The Morgan fingerprint density at radius 3 is 1.27 bits per heavy atom. The molecule has 0 aromatic heterocycles. The lowest BCUT2D eigenvalue weighted by atomic mass is 10.0. The van der Waals surface area contributed by atoms with Crippen molar-refractivity contribution in [2.75, 3.05) is 33.3 Å². The third kappa shape index (κ3) is 20.5. The lowest BCUT2D eigenvalue weighted by Gasteiger charge is -2.37. The fourth-order valence-corrected chi connectivity index (χ4v) is 5.37. The zero-order chi connectivity index (χ0) is 21.5. The Hall–Kier alpha value is 0.617. The highest BCUT2D eigenvalue weighted by molar-refractivity contribution is 6.26. The molecule has 0 fully saturated rings. The van der Waals surface area contributed by atoms with Gasteiger partial charge in [0.25, 0.3) is 0 Å². The van der Waals surface area contributed by atoms with E-state index in [9.17, 15) is 0 Å². The van der Waals surface area contributed by atoms with E-state index in [1.165, 1.54) is 146 Å². The SMILES string of the molecule is CCCCCCCCCCCCCCCCCC[N+](CC)(CC)CCC[SiH2]OC.[Br-]. The Balaban J connectivity index is 0. The first-order valence-corrected chi connectivity index (χ1v) is 15.2. The van der Waals surface area contributed by atoms with Gasteiger partial charge in [0.1, 0.15) is 0 Å². The summed E-state index contributed by atoms with van der Waals surface area (Å²) in [7, 11) is 1.66. The standard InChI is InChI=1S/C26H58NOSi.BrH/c1-5-8-9-10-11-12-13-14-15-16-17-18-19-20-21-22-24-27(6-2,7-3)25-23-26-29-28-4;/h5-26,29H2,1-4H3;1H/q+1;/p-1. The van der Waals surface area contributed by atoms with E-state index in [0.29, 0.717) is 0 Å². The predicted molar refractivity (Wildman–Crippen MR) is 136 cm³/mol. The molecule has 0 spiro atoms. The van der Waals surface area contributed by atoms with Crippen molar-refractivity contribution >= 4 is 9.76 Å². The van der Waals surface area contributed by atoms with Crippen molar-refractivity contribution in [1.29, 1.82) is 0 Å². The molecule has 2 nitrogen and oxygen atoms in total. The summed E-state index contributed by atoms with van der Waals surface area (Å²) < 4.78 is 6.69. The monoisotopic (exact) mass is 507 g/mol. The summed E-state index contributed by atoms with van der Waals surface area (Å²) in [6.07, 6.45) is 24.8. The second-order valence-electron chi connectivity index (χ2n) is 9.42. The van der Waals surface area contributed by atoms with Gasteiger partial charge in [0.2, 0.25) is 0 Å². The molecular formula is C26H58BrNOSi. The van der Waals surface area contributed by atoms with Gasteiger partial charge in [0.15, 0.2) is 9.76 Å². The number of hydrogen-bond donors (Lipinski definition) is 0. The van der Waals surface area contributed by atoms with Gasteiger partial charge in [0.05, 0.1) is 26.2 Å². The summed E-state index contributed by atoms with van der Waals surface area (Å²) in [6, 6.07) is 1.36. The van der Waals surface area contributed by atoms with E-state index >= 15 is 0 Å². The Bertz CT molecular complexity index is 313. The third-order valence-electron chi connectivity index (χ3n) is 7.06. The molecule has 0 unspecified atom stereocenters. The first-order valence-electron chi connectivity index (χ1n) is 13.6. The zero-order valence-electron chi connectivity index (χ0n) is 21.5. The van der Waals surface area contributed by atoms with E-state index in [1.54, 1.807) is 0 Å². The van der Waals surface area contributed by atoms with Gasteiger partial charge in [-0.2, -0.15) is 0 Å². The van der Waals surface area contributed by atoms with E-state index < -0.39 is 0 Å². The van der Waals surface area contributed by atoms with Crippen LogP contribution in [0.2, 0.25) is 6.04 Å². The Kier molecular flexibility index (Phi) is 28.3. The van der Waals surface area contributed by atoms with Crippen molar-refractivity contribution in [1.82, 2.24) is 0 Å². The third-order valence-corrected chi connectivity index (χ3v) is 8.26. The number of rotatable bonds is 24. The van der Waals surface area contributed by atoms with Gasteiger partial charge in [-0.25, -0.2) is 0 Å². The minimum absolute atomic E-state index is 0. The molecule has 0 atom stereocenters. The fourth-order valence-electron chi connectivity index (χ4n) is 4.66. The largest absolute Gasteiger partial charge is 1.00 e. The highest BCUT2D eigenvalue weighted by atomic mass is 79.9. The molecule has 0 aliphatic carbocycles. The molecule has 0 saturated heterocycles. The maximum atomic E-state index is 5.35. The molecule has 4 heteroatoms. The Morgan fingerprint density at radius 1 is 0.533 bits per heavy atom. The maximum Gasteiger partial charge on any atom is 0.161 e. The zero-order valence-corrected chi connectivity index (χ0v) is 24.5. The highest BCUT2D eigenvalue weighted by Gasteiger charge is 2.21. The highest BCUT2D eigenvalue weighted by Crippen LogP contribution is 2.16. The maximum absolute atomic E-state index is 5.35. The summed E-state index contributed by atoms with van der Waals surface area (Å²) in [5.74, 6) is 0. The second-order valence-corrected chi connectivity index (χ2v) is 11.1. The molecule has 0 heterocycles. The van der Waals surface area contributed by atoms with E-state index in [4.69, 9.17) is 4.43 Å². The lowest BCUT2D eigenvalue weighted by molar-refractivity contribution is -0.925. The van der Waals surface area contributed by atoms with E-state index in [2.05, 4.69) is 20.8 Å². The number of nitrogens with zero attached hydrogens (tertiary/aromatic N) is 1. The molecular weight excluding hydrogens is 450 g/mol. The smallest absolute Gasteiger partial charge is 0.161 e. The van der Waals surface area contributed by atoms with E-state index in [0.717, 1.165) is 0 Å². The molecule has 0 amide bonds. The first kappa shape index (κ1) is 32.8. The second kappa shape index (κ2) is 25.9. The van der Waals surface area contributed by atoms with Crippen LogP contribution in [0.4, 0.5) is 0 Å². The van der Waals surface area contributed by atoms with Crippen LogP contribution in [0.25, 0.3) is 0 Å². The molecule has 0 saturated carbocycles. The molecule has 30 heavy (non-hydrogen) atoms. The van der Waals surface area contributed by atoms with Crippen LogP contribution >= 0.6 is 0 Å². The van der Waals surface area contributed by atoms with Crippen LogP contribution in [0, 0.1) is 0 Å². The molecule has 0 aliphatic heterocycles. The van der Waals surface area contributed by atoms with Gasteiger partial charge in [-0.15, -0.1) is 0 Å². The van der Waals surface area contributed by atoms with Gasteiger partial charge in [-0.05, 0) is 39.2 Å². The summed E-state index contributed by atoms with van der Waals surface area (Å²) in [6.45, 7) is 12.5. The number of quaternary nitrogens is 1. The topological polar surface area (TPSA) is 9.23 Å². The van der Waals surface area contributed by atoms with Crippen LogP contribution < -0.4 is 17.0 Å². The van der Waals surface area contributed by atoms with Crippen molar-refractivity contribution < 1.29 is 25.9 Å². The first-order chi connectivity index (χ1) is 14.2. The molecule has 0 aromatic carbocycles. The average Bonchev–Trinajstić information content (AvgIpc) is 2.75. The number of hydrogen-bond acceptors (Lipinski definition) is 1. The summed E-state index contributed by atoms with van der Waals surface area (Å²) in [5.41, 5.74) is 0. The van der Waals surface area contributed by atoms with Crippen molar-refractivity contribution in [3.05, 3.63) is 0 Å². The predicted octanol–water partition coefficient (Wildman–Crippen LogP) is 4.65. The molecule has 0 rings (SSSR count). The minimum Gasteiger partial charge on any atom is -1.00 e. The van der Waals surface area contributed by atoms with Gasteiger partial charge < -0.3 is 25.9 Å². The molecule has 0 aromatic rings.